The van der Waals surface area contributed by atoms with Crippen molar-refractivity contribution in [2.75, 3.05) is 18.5 Å². The van der Waals surface area contributed by atoms with Crippen LogP contribution in [0.4, 0.5) is 10.1 Å². The molecule has 3 aromatic rings. The zero-order valence-electron chi connectivity index (χ0n) is 12.2. The van der Waals surface area contributed by atoms with E-state index in [2.05, 4.69) is 16.0 Å². The molecular weight excluding hydrogens is 295 g/mol. The van der Waals surface area contributed by atoms with Crippen molar-refractivity contribution < 1.29 is 4.39 Å². The second-order valence-corrected chi connectivity index (χ2v) is 6.57. The number of aromatic nitrogens is 1. The smallest absolute Gasteiger partial charge is 0.125 e. The third-order valence-electron chi connectivity index (χ3n) is 4.06. The summed E-state index contributed by atoms with van der Waals surface area (Å²) in [5.41, 5.74) is 4.40. The Balaban J connectivity index is 1.89. The lowest BCUT2D eigenvalue weighted by Gasteiger charge is -2.19. The van der Waals surface area contributed by atoms with Crippen molar-refractivity contribution in [1.29, 1.82) is 0 Å². The topological polar surface area (TPSA) is 16.1 Å². The molecule has 0 unspecified atom stereocenters. The van der Waals surface area contributed by atoms with Gasteiger partial charge in [-0.2, -0.15) is 0 Å². The average Bonchev–Trinajstić information content (AvgIpc) is 2.92. The van der Waals surface area contributed by atoms with E-state index in [0.717, 1.165) is 29.9 Å². The molecule has 0 spiro atoms. The first-order chi connectivity index (χ1) is 10.7. The van der Waals surface area contributed by atoms with Crippen molar-refractivity contribution >= 4 is 17.0 Å². The highest BCUT2D eigenvalue weighted by Gasteiger charge is 2.21. The van der Waals surface area contributed by atoms with Crippen LogP contribution in [0.5, 0.6) is 0 Å². The van der Waals surface area contributed by atoms with Crippen LogP contribution in [0, 0.1) is 5.82 Å². The highest BCUT2D eigenvalue weighted by molar-refractivity contribution is 7.19. The fraction of sp³-hybridized carbons (Fsp3) is 0.167. The molecule has 0 bridgehead atoms. The predicted octanol–water partition coefficient (Wildman–Crippen LogP) is 4.61. The van der Waals surface area contributed by atoms with Crippen molar-refractivity contribution in [2.24, 2.45) is 0 Å². The Morgan fingerprint density at radius 2 is 2.09 bits per heavy atom. The molecule has 0 saturated heterocycles. The number of anilines is 1. The molecule has 22 heavy (non-hydrogen) atoms. The van der Waals surface area contributed by atoms with E-state index in [1.54, 1.807) is 23.5 Å². The Bertz CT molecular complexity index is 826. The maximum atomic E-state index is 13.6. The molecule has 0 aliphatic carbocycles. The van der Waals surface area contributed by atoms with Crippen molar-refractivity contribution in [3.05, 3.63) is 60.0 Å². The zero-order chi connectivity index (χ0) is 15.1. The first-order valence-electron chi connectivity index (χ1n) is 7.27. The van der Waals surface area contributed by atoms with Gasteiger partial charge in [-0.25, -0.2) is 4.39 Å². The fourth-order valence-electron chi connectivity index (χ4n) is 2.90. The van der Waals surface area contributed by atoms with E-state index in [4.69, 9.17) is 0 Å². The first kappa shape index (κ1) is 13.5. The van der Waals surface area contributed by atoms with E-state index in [1.807, 2.05) is 37.5 Å². The van der Waals surface area contributed by atoms with Gasteiger partial charge in [0.1, 0.15) is 5.82 Å². The summed E-state index contributed by atoms with van der Waals surface area (Å²) in [6.45, 7) is 0.891. The summed E-state index contributed by atoms with van der Waals surface area (Å²) in [6, 6.07) is 13.3. The van der Waals surface area contributed by atoms with Gasteiger partial charge in [-0.3, -0.25) is 4.98 Å². The first-order valence-corrected chi connectivity index (χ1v) is 8.09. The van der Waals surface area contributed by atoms with E-state index in [-0.39, 0.29) is 5.82 Å². The van der Waals surface area contributed by atoms with Crippen molar-refractivity contribution in [3.63, 3.8) is 0 Å². The van der Waals surface area contributed by atoms with Crippen molar-refractivity contribution in [1.82, 2.24) is 4.98 Å². The Morgan fingerprint density at radius 3 is 2.91 bits per heavy atom. The minimum atomic E-state index is -0.185. The lowest BCUT2D eigenvalue weighted by atomic mass is 10.1. The van der Waals surface area contributed by atoms with Gasteiger partial charge in [-0.15, -0.1) is 11.3 Å². The van der Waals surface area contributed by atoms with E-state index in [0.29, 0.717) is 0 Å². The second-order valence-electron chi connectivity index (χ2n) is 5.51. The third kappa shape index (κ3) is 2.20. The molecule has 2 nitrogen and oxygen atoms in total. The quantitative estimate of drug-likeness (QED) is 0.652. The molecule has 0 radical (unpaired) electrons. The summed E-state index contributed by atoms with van der Waals surface area (Å²) < 4.78 is 13.6. The van der Waals surface area contributed by atoms with Gasteiger partial charge in [-0.1, -0.05) is 6.07 Å². The van der Waals surface area contributed by atoms with Crippen LogP contribution in [0.1, 0.15) is 5.56 Å². The molecule has 2 aromatic heterocycles. The Labute approximate surface area is 132 Å². The standard InChI is InChI=1S/C18H15FN2S/c1-21-9-7-12-10-17(15-4-2-3-8-20-15)22-18(12)14-6-5-13(19)11-16(14)21/h2-6,8,10-11H,7,9H2,1H3. The van der Waals surface area contributed by atoms with E-state index >= 15 is 0 Å². The van der Waals surface area contributed by atoms with E-state index < -0.39 is 0 Å². The Hall–Kier alpha value is -2.20. The number of thiophene rings is 1. The summed E-state index contributed by atoms with van der Waals surface area (Å²) in [4.78, 5) is 8.98. The molecule has 4 rings (SSSR count). The molecule has 1 aromatic carbocycles. The molecule has 110 valence electrons. The molecule has 0 atom stereocenters. The van der Waals surface area contributed by atoms with Gasteiger partial charge >= 0.3 is 0 Å². The minimum absolute atomic E-state index is 0.185. The van der Waals surface area contributed by atoms with Crippen LogP contribution >= 0.6 is 11.3 Å². The molecule has 4 heteroatoms. The monoisotopic (exact) mass is 310 g/mol. The van der Waals surface area contributed by atoms with Crippen LogP contribution < -0.4 is 4.90 Å². The lowest BCUT2D eigenvalue weighted by molar-refractivity contribution is 0.627. The maximum Gasteiger partial charge on any atom is 0.125 e. The van der Waals surface area contributed by atoms with Crippen LogP contribution in [0.3, 0.4) is 0 Å². The van der Waals surface area contributed by atoms with Crippen LogP contribution in [0.15, 0.2) is 48.7 Å². The summed E-state index contributed by atoms with van der Waals surface area (Å²) >= 11 is 1.74. The van der Waals surface area contributed by atoms with Crippen LogP contribution in [-0.2, 0) is 6.42 Å². The van der Waals surface area contributed by atoms with Gasteiger partial charge in [0, 0.05) is 35.9 Å². The summed E-state index contributed by atoms with van der Waals surface area (Å²) in [5.74, 6) is -0.185. The zero-order valence-corrected chi connectivity index (χ0v) is 13.0. The molecule has 0 saturated carbocycles. The van der Waals surface area contributed by atoms with Gasteiger partial charge in [-0.05, 0) is 48.4 Å². The number of halogens is 1. The number of benzene rings is 1. The molecule has 0 N–H and O–H groups in total. The second kappa shape index (κ2) is 5.21. The molecule has 1 aliphatic heterocycles. The normalized spacial score (nSPS) is 13.5. The number of nitrogens with zero attached hydrogens (tertiary/aromatic N) is 2. The molecule has 1 aliphatic rings. The SMILES string of the molecule is CN1CCc2cc(-c3ccccn3)sc2-c2ccc(F)cc21. The van der Waals surface area contributed by atoms with Gasteiger partial charge in [0.15, 0.2) is 0 Å². The van der Waals surface area contributed by atoms with Crippen LogP contribution in [-0.4, -0.2) is 18.6 Å². The fourth-order valence-corrected chi connectivity index (χ4v) is 4.12. The van der Waals surface area contributed by atoms with Gasteiger partial charge < -0.3 is 4.90 Å². The largest absolute Gasteiger partial charge is 0.374 e. The van der Waals surface area contributed by atoms with E-state index in [9.17, 15) is 4.39 Å². The number of likely N-dealkylation sites (N-methyl/N-ethyl adjacent to an activating group) is 1. The minimum Gasteiger partial charge on any atom is -0.374 e. The molecular formula is C18H15FN2S. The predicted molar refractivity (Wildman–Crippen MR) is 89.9 cm³/mol. The Kier molecular flexibility index (Phi) is 3.19. The summed E-state index contributed by atoms with van der Waals surface area (Å²) in [7, 11) is 2.02. The third-order valence-corrected chi connectivity index (χ3v) is 5.29. The number of rotatable bonds is 1. The van der Waals surface area contributed by atoms with Gasteiger partial charge in [0.2, 0.25) is 0 Å². The van der Waals surface area contributed by atoms with E-state index in [1.165, 1.54) is 15.3 Å². The maximum absolute atomic E-state index is 13.6. The lowest BCUT2D eigenvalue weighted by Crippen LogP contribution is -2.19. The van der Waals surface area contributed by atoms with Crippen molar-refractivity contribution in [3.8, 4) is 21.0 Å². The number of pyridine rings is 1. The number of hydrogen-bond acceptors (Lipinski definition) is 3. The summed E-state index contributed by atoms with van der Waals surface area (Å²) in [6.07, 6.45) is 2.78. The average molecular weight is 310 g/mol. The van der Waals surface area contributed by atoms with Crippen LogP contribution in [0.2, 0.25) is 0 Å². The Morgan fingerprint density at radius 1 is 1.18 bits per heavy atom. The summed E-state index contributed by atoms with van der Waals surface area (Å²) in [5, 5.41) is 0. The number of hydrogen-bond donors (Lipinski definition) is 0. The van der Waals surface area contributed by atoms with Gasteiger partial charge in [0.05, 0.1) is 10.6 Å². The number of fused-ring (bicyclic) bond motifs is 3. The highest BCUT2D eigenvalue weighted by atomic mass is 32.1. The van der Waals surface area contributed by atoms with Gasteiger partial charge in [0.25, 0.3) is 0 Å². The highest BCUT2D eigenvalue weighted by Crippen LogP contribution is 2.43. The van der Waals surface area contributed by atoms with Crippen LogP contribution in [0.25, 0.3) is 21.0 Å². The molecule has 0 amide bonds. The molecule has 0 fully saturated rings. The molecule has 3 heterocycles. The van der Waals surface area contributed by atoms with Crippen molar-refractivity contribution in [2.45, 2.75) is 6.42 Å².